The summed E-state index contributed by atoms with van der Waals surface area (Å²) in [6.07, 6.45) is 6.80. The van der Waals surface area contributed by atoms with Gasteiger partial charge in [-0.3, -0.25) is 10.1 Å². The van der Waals surface area contributed by atoms with Crippen LogP contribution in [0, 0.1) is 10.1 Å². The van der Waals surface area contributed by atoms with Gasteiger partial charge in [0.05, 0.1) is 0 Å². The molecule has 0 radical (unpaired) electrons. The maximum atomic E-state index is 10.3. The first kappa shape index (κ1) is 7.47. The Labute approximate surface area is 66.7 Å². The van der Waals surface area contributed by atoms with Crippen molar-refractivity contribution in [3.8, 4) is 0 Å². The fourth-order valence-corrected chi connectivity index (χ4v) is 1.30. The number of halogens is 1. The summed E-state index contributed by atoms with van der Waals surface area (Å²) in [5.74, 6) is 0. The number of rotatable bonds is 1. The first-order chi connectivity index (χ1) is 4.72. The molecule has 0 N–H and O–H groups in total. The van der Waals surface area contributed by atoms with Gasteiger partial charge in [-0.25, -0.2) is 0 Å². The lowest BCUT2D eigenvalue weighted by Crippen LogP contribution is -2.27. The van der Waals surface area contributed by atoms with Gasteiger partial charge in [-0.05, 0) is 6.08 Å². The van der Waals surface area contributed by atoms with Gasteiger partial charge < -0.3 is 0 Å². The van der Waals surface area contributed by atoms with Gasteiger partial charge in [-0.15, -0.1) is 0 Å². The summed E-state index contributed by atoms with van der Waals surface area (Å²) >= 11 is 3.18. The van der Waals surface area contributed by atoms with Crippen LogP contribution in [-0.2, 0) is 0 Å². The Morgan fingerprint density at radius 2 is 2.00 bits per heavy atom. The molecule has 2 atom stereocenters. The smallest absolute Gasteiger partial charge is 0.247 e. The van der Waals surface area contributed by atoms with E-state index in [0.29, 0.717) is 0 Å². The molecule has 54 valence electrons. The van der Waals surface area contributed by atoms with Crippen LogP contribution in [0.25, 0.3) is 0 Å². The Morgan fingerprint density at radius 3 is 2.40 bits per heavy atom. The zero-order valence-electron chi connectivity index (χ0n) is 5.11. The molecule has 1 aliphatic carbocycles. The number of nitrogens with zero attached hydrogens (tertiary/aromatic N) is 1. The topological polar surface area (TPSA) is 43.1 Å². The van der Waals surface area contributed by atoms with Gasteiger partial charge in [0.1, 0.15) is 4.83 Å². The van der Waals surface area contributed by atoms with E-state index >= 15 is 0 Å². The fourth-order valence-electron chi connectivity index (χ4n) is 0.755. The van der Waals surface area contributed by atoms with Crippen LogP contribution in [0.3, 0.4) is 0 Å². The molecule has 1 aliphatic rings. The third kappa shape index (κ3) is 1.44. The molecule has 3 nitrogen and oxygen atoms in total. The van der Waals surface area contributed by atoms with Crippen molar-refractivity contribution in [2.45, 2.75) is 10.9 Å². The van der Waals surface area contributed by atoms with Crippen molar-refractivity contribution in [2.24, 2.45) is 0 Å². The second kappa shape index (κ2) is 2.96. The zero-order valence-corrected chi connectivity index (χ0v) is 6.69. The number of nitro groups is 1. The van der Waals surface area contributed by atoms with Crippen LogP contribution in [0.4, 0.5) is 0 Å². The van der Waals surface area contributed by atoms with Crippen LogP contribution in [-0.4, -0.2) is 15.8 Å². The highest BCUT2D eigenvalue weighted by Gasteiger charge is 2.25. The molecule has 0 spiro atoms. The number of allylic oxidation sites excluding steroid dienone is 2. The predicted molar refractivity (Wildman–Crippen MR) is 41.8 cm³/mol. The Hall–Kier alpha value is -0.640. The van der Waals surface area contributed by atoms with E-state index in [1.54, 1.807) is 24.3 Å². The molecule has 0 aromatic heterocycles. The summed E-state index contributed by atoms with van der Waals surface area (Å²) < 4.78 is 0. The van der Waals surface area contributed by atoms with Gasteiger partial charge in [0, 0.05) is 4.92 Å². The molecule has 10 heavy (non-hydrogen) atoms. The fraction of sp³-hybridized carbons (Fsp3) is 0.333. The van der Waals surface area contributed by atoms with Crippen LogP contribution in [0.5, 0.6) is 0 Å². The Bertz CT molecular complexity index is 200. The quantitative estimate of drug-likeness (QED) is 0.369. The lowest BCUT2D eigenvalue weighted by molar-refractivity contribution is -0.506. The van der Waals surface area contributed by atoms with Gasteiger partial charge in [0.2, 0.25) is 6.04 Å². The van der Waals surface area contributed by atoms with Crippen LogP contribution in [0.1, 0.15) is 0 Å². The summed E-state index contributed by atoms with van der Waals surface area (Å²) in [5.41, 5.74) is 0. The highest BCUT2D eigenvalue weighted by Crippen LogP contribution is 2.15. The lowest BCUT2D eigenvalue weighted by Gasteiger charge is -2.09. The highest BCUT2D eigenvalue weighted by molar-refractivity contribution is 9.09. The normalized spacial score (nSPS) is 30.5. The van der Waals surface area contributed by atoms with E-state index in [2.05, 4.69) is 15.9 Å². The average molecular weight is 204 g/mol. The molecule has 0 fully saturated rings. The van der Waals surface area contributed by atoms with E-state index in [1.807, 2.05) is 0 Å². The minimum absolute atomic E-state index is 0.160. The third-order valence-electron chi connectivity index (χ3n) is 1.28. The summed E-state index contributed by atoms with van der Waals surface area (Å²) in [4.78, 5) is 9.79. The number of alkyl halides is 1. The first-order valence-corrected chi connectivity index (χ1v) is 3.76. The van der Waals surface area contributed by atoms with Crippen molar-refractivity contribution in [1.29, 1.82) is 0 Å². The van der Waals surface area contributed by atoms with E-state index in [-0.39, 0.29) is 9.75 Å². The van der Waals surface area contributed by atoms with Gasteiger partial charge in [-0.2, -0.15) is 0 Å². The standard InChI is InChI=1S/C6H6BrNO2/c7-5-3-1-2-4-6(5)8(9)10/h1-6H. The molecule has 2 unspecified atom stereocenters. The number of hydrogen-bond acceptors (Lipinski definition) is 2. The Balaban J connectivity index is 2.70. The molecule has 0 aromatic carbocycles. The van der Waals surface area contributed by atoms with Crippen molar-refractivity contribution in [3.63, 3.8) is 0 Å². The first-order valence-electron chi connectivity index (χ1n) is 2.84. The van der Waals surface area contributed by atoms with Crippen molar-refractivity contribution >= 4 is 15.9 Å². The maximum absolute atomic E-state index is 10.3. The van der Waals surface area contributed by atoms with Crippen molar-refractivity contribution < 1.29 is 4.92 Å². The molecule has 0 saturated heterocycles. The second-order valence-corrected chi connectivity index (χ2v) is 3.05. The van der Waals surface area contributed by atoms with Gasteiger partial charge in [0.25, 0.3) is 0 Å². The zero-order chi connectivity index (χ0) is 7.56. The maximum Gasteiger partial charge on any atom is 0.247 e. The molecule has 0 aromatic rings. The van der Waals surface area contributed by atoms with Gasteiger partial charge in [0.15, 0.2) is 0 Å². The van der Waals surface area contributed by atoms with Crippen molar-refractivity contribution in [1.82, 2.24) is 0 Å². The molecule has 0 amide bonds. The van der Waals surface area contributed by atoms with E-state index in [4.69, 9.17) is 0 Å². The van der Waals surface area contributed by atoms with Crippen LogP contribution >= 0.6 is 15.9 Å². The summed E-state index contributed by atoms with van der Waals surface area (Å²) in [5, 5.41) is 10.3. The summed E-state index contributed by atoms with van der Waals surface area (Å²) in [7, 11) is 0. The molecule has 0 bridgehead atoms. The molecule has 0 saturated carbocycles. The third-order valence-corrected chi connectivity index (χ3v) is 2.13. The molecular weight excluding hydrogens is 198 g/mol. The molecular formula is C6H6BrNO2. The molecule has 4 heteroatoms. The SMILES string of the molecule is O=[N+]([O-])C1C=CC=CC1Br. The van der Waals surface area contributed by atoms with Crippen molar-refractivity contribution in [2.75, 3.05) is 0 Å². The minimum atomic E-state index is -0.606. The van der Waals surface area contributed by atoms with E-state index in [1.165, 1.54) is 0 Å². The van der Waals surface area contributed by atoms with Gasteiger partial charge >= 0.3 is 0 Å². The number of hydrogen-bond donors (Lipinski definition) is 0. The van der Waals surface area contributed by atoms with E-state index in [0.717, 1.165) is 0 Å². The Kier molecular flexibility index (Phi) is 2.21. The largest absolute Gasteiger partial charge is 0.264 e. The minimum Gasteiger partial charge on any atom is -0.264 e. The second-order valence-electron chi connectivity index (χ2n) is 1.99. The monoisotopic (exact) mass is 203 g/mol. The molecule has 1 rings (SSSR count). The van der Waals surface area contributed by atoms with Crippen molar-refractivity contribution in [3.05, 3.63) is 34.4 Å². The van der Waals surface area contributed by atoms with Crippen LogP contribution < -0.4 is 0 Å². The van der Waals surface area contributed by atoms with E-state index in [9.17, 15) is 10.1 Å². The van der Waals surface area contributed by atoms with Crippen LogP contribution in [0.2, 0.25) is 0 Å². The lowest BCUT2D eigenvalue weighted by atomic mass is 10.1. The van der Waals surface area contributed by atoms with E-state index < -0.39 is 6.04 Å². The van der Waals surface area contributed by atoms with Gasteiger partial charge in [-0.1, -0.05) is 34.2 Å². The Morgan fingerprint density at radius 1 is 1.40 bits per heavy atom. The summed E-state index contributed by atoms with van der Waals surface area (Å²) in [6.45, 7) is 0. The highest BCUT2D eigenvalue weighted by atomic mass is 79.9. The molecule has 0 aliphatic heterocycles. The average Bonchev–Trinajstić information content (AvgIpc) is 1.88. The summed E-state index contributed by atoms with van der Waals surface area (Å²) in [6, 6.07) is -0.606. The predicted octanol–water partition coefficient (Wildman–Crippen LogP) is 1.52. The van der Waals surface area contributed by atoms with Crippen LogP contribution in [0.15, 0.2) is 24.3 Å². The molecule has 0 heterocycles.